The zero-order chi connectivity index (χ0) is 14.3. The van der Waals surface area contributed by atoms with Crippen LogP contribution in [0.3, 0.4) is 0 Å². The molecule has 1 spiro atoms. The molecular weight excluding hydrogens is 260 g/mol. The van der Waals surface area contributed by atoms with Gasteiger partial charge in [0.25, 0.3) is 0 Å². The minimum atomic E-state index is 0.603. The highest BCUT2D eigenvalue weighted by atomic mass is 15.2. The number of anilines is 1. The molecule has 108 valence electrons. The monoisotopic (exact) mass is 280 g/mol. The van der Waals surface area contributed by atoms with Crippen LogP contribution in [0, 0.1) is 12.3 Å². The van der Waals surface area contributed by atoms with Crippen molar-refractivity contribution >= 4 is 5.82 Å². The molecule has 4 heteroatoms. The molecule has 2 fully saturated rings. The van der Waals surface area contributed by atoms with Crippen LogP contribution < -0.4 is 4.90 Å². The molecule has 0 N–H and O–H groups in total. The van der Waals surface area contributed by atoms with Crippen molar-refractivity contribution in [2.75, 3.05) is 18.0 Å². The molecule has 0 radical (unpaired) electrons. The second kappa shape index (κ2) is 4.79. The van der Waals surface area contributed by atoms with Gasteiger partial charge in [-0.2, -0.15) is 0 Å². The SMILES string of the molecule is Cc1cc(N2CCCC3(CC3)C2)nc(-c2cccnc2)n1. The molecule has 0 atom stereocenters. The van der Waals surface area contributed by atoms with E-state index in [-0.39, 0.29) is 0 Å². The van der Waals surface area contributed by atoms with Crippen molar-refractivity contribution < 1.29 is 0 Å². The summed E-state index contributed by atoms with van der Waals surface area (Å²) in [6, 6.07) is 6.06. The Hall–Kier alpha value is -1.97. The highest BCUT2D eigenvalue weighted by molar-refractivity contribution is 5.57. The zero-order valence-corrected chi connectivity index (χ0v) is 12.4. The average molecular weight is 280 g/mol. The number of aromatic nitrogens is 3. The van der Waals surface area contributed by atoms with Gasteiger partial charge in [0.15, 0.2) is 5.82 Å². The van der Waals surface area contributed by atoms with Crippen molar-refractivity contribution in [2.45, 2.75) is 32.6 Å². The highest BCUT2D eigenvalue weighted by Gasteiger charge is 2.45. The fourth-order valence-corrected chi connectivity index (χ4v) is 3.33. The number of nitrogens with zero attached hydrogens (tertiary/aromatic N) is 4. The lowest BCUT2D eigenvalue weighted by atomic mass is 9.95. The van der Waals surface area contributed by atoms with E-state index in [0.717, 1.165) is 36.0 Å². The molecule has 0 unspecified atom stereocenters. The van der Waals surface area contributed by atoms with E-state index in [9.17, 15) is 0 Å². The van der Waals surface area contributed by atoms with Gasteiger partial charge in [-0.1, -0.05) is 0 Å². The van der Waals surface area contributed by atoms with Crippen molar-refractivity contribution in [3.05, 3.63) is 36.3 Å². The van der Waals surface area contributed by atoms with E-state index >= 15 is 0 Å². The van der Waals surface area contributed by atoms with Gasteiger partial charge in [-0.3, -0.25) is 4.98 Å². The fraction of sp³-hybridized carbons (Fsp3) is 0.471. The smallest absolute Gasteiger partial charge is 0.163 e. The number of aryl methyl sites for hydroxylation is 1. The normalized spacial score (nSPS) is 19.8. The molecule has 21 heavy (non-hydrogen) atoms. The quantitative estimate of drug-likeness (QED) is 0.847. The Balaban J connectivity index is 1.68. The first kappa shape index (κ1) is 12.7. The van der Waals surface area contributed by atoms with Gasteiger partial charge in [-0.25, -0.2) is 9.97 Å². The topological polar surface area (TPSA) is 41.9 Å². The van der Waals surface area contributed by atoms with Gasteiger partial charge in [0.1, 0.15) is 5.82 Å². The third kappa shape index (κ3) is 2.50. The third-order valence-electron chi connectivity index (χ3n) is 4.70. The molecule has 2 aliphatic rings. The Bertz CT molecular complexity index is 649. The number of rotatable bonds is 2. The van der Waals surface area contributed by atoms with Crippen LogP contribution in [0.15, 0.2) is 30.6 Å². The molecule has 1 saturated heterocycles. The van der Waals surface area contributed by atoms with Gasteiger partial charge >= 0.3 is 0 Å². The first-order valence-corrected chi connectivity index (χ1v) is 7.75. The average Bonchev–Trinajstić information content (AvgIpc) is 3.26. The summed E-state index contributed by atoms with van der Waals surface area (Å²) in [6.07, 6.45) is 9.07. The lowest BCUT2D eigenvalue weighted by molar-refractivity contribution is 0.393. The van der Waals surface area contributed by atoms with Gasteiger partial charge in [-0.15, -0.1) is 0 Å². The van der Waals surface area contributed by atoms with Crippen molar-refractivity contribution in [1.29, 1.82) is 0 Å². The molecule has 1 aliphatic carbocycles. The Kier molecular flexibility index (Phi) is 2.91. The molecular formula is C17H20N4. The summed E-state index contributed by atoms with van der Waals surface area (Å²) in [6.45, 7) is 4.32. The van der Waals surface area contributed by atoms with E-state index in [1.165, 1.54) is 25.7 Å². The summed E-state index contributed by atoms with van der Waals surface area (Å²) in [5.41, 5.74) is 2.61. The number of pyridine rings is 1. The molecule has 3 heterocycles. The Morgan fingerprint density at radius 1 is 1.19 bits per heavy atom. The van der Waals surface area contributed by atoms with Crippen LogP contribution in [-0.2, 0) is 0 Å². The van der Waals surface area contributed by atoms with E-state index < -0.39 is 0 Å². The van der Waals surface area contributed by atoms with Crippen LogP contribution in [0.4, 0.5) is 5.82 Å². The minimum Gasteiger partial charge on any atom is -0.356 e. The van der Waals surface area contributed by atoms with Crippen LogP contribution in [-0.4, -0.2) is 28.0 Å². The Labute approximate surface area is 125 Å². The number of piperidine rings is 1. The molecule has 4 rings (SSSR count). The van der Waals surface area contributed by atoms with Gasteiger partial charge in [0, 0.05) is 42.8 Å². The van der Waals surface area contributed by atoms with Gasteiger partial charge < -0.3 is 4.90 Å². The van der Waals surface area contributed by atoms with E-state index in [4.69, 9.17) is 4.98 Å². The van der Waals surface area contributed by atoms with Gasteiger partial charge in [0.2, 0.25) is 0 Å². The number of hydrogen-bond donors (Lipinski definition) is 0. The van der Waals surface area contributed by atoms with Crippen molar-refractivity contribution in [1.82, 2.24) is 15.0 Å². The van der Waals surface area contributed by atoms with Crippen LogP contribution in [0.1, 0.15) is 31.4 Å². The van der Waals surface area contributed by atoms with Crippen LogP contribution in [0.25, 0.3) is 11.4 Å². The second-order valence-electron chi connectivity index (χ2n) is 6.46. The largest absolute Gasteiger partial charge is 0.356 e. The molecule has 2 aromatic rings. The van der Waals surface area contributed by atoms with E-state index in [2.05, 4.69) is 20.9 Å². The zero-order valence-electron chi connectivity index (χ0n) is 12.4. The predicted molar refractivity (Wildman–Crippen MR) is 83.1 cm³/mol. The summed E-state index contributed by atoms with van der Waals surface area (Å²) in [5.74, 6) is 1.86. The second-order valence-corrected chi connectivity index (χ2v) is 6.46. The van der Waals surface area contributed by atoms with Crippen LogP contribution >= 0.6 is 0 Å². The van der Waals surface area contributed by atoms with Crippen molar-refractivity contribution in [3.8, 4) is 11.4 Å². The fourth-order valence-electron chi connectivity index (χ4n) is 3.33. The van der Waals surface area contributed by atoms with E-state index in [0.29, 0.717) is 5.41 Å². The lowest BCUT2D eigenvalue weighted by Crippen LogP contribution is -2.37. The summed E-state index contributed by atoms with van der Waals surface area (Å²) in [5, 5.41) is 0. The number of hydrogen-bond acceptors (Lipinski definition) is 4. The maximum Gasteiger partial charge on any atom is 0.163 e. The summed E-state index contributed by atoms with van der Waals surface area (Å²) >= 11 is 0. The summed E-state index contributed by atoms with van der Waals surface area (Å²) in [4.78, 5) is 16.0. The molecule has 1 saturated carbocycles. The Morgan fingerprint density at radius 2 is 2.10 bits per heavy atom. The van der Waals surface area contributed by atoms with Crippen LogP contribution in [0.5, 0.6) is 0 Å². The Morgan fingerprint density at radius 3 is 2.86 bits per heavy atom. The molecule has 1 aliphatic heterocycles. The molecule has 4 nitrogen and oxygen atoms in total. The predicted octanol–water partition coefficient (Wildman–Crippen LogP) is 3.23. The highest BCUT2D eigenvalue weighted by Crippen LogP contribution is 2.52. The lowest BCUT2D eigenvalue weighted by Gasteiger charge is -2.34. The first-order chi connectivity index (χ1) is 10.2. The molecule has 0 aromatic carbocycles. The molecule has 0 amide bonds. The van der Waals surface area contributed by atoms with Crippen molar-refractivity contribution in [2.24, 2.45) is 5.41 Å². The summed E-state index contributed by atoms with van der Waals surface area (Å²) in [7, 11) is 0. The van der Waals surface area contributed by atoms with Gasteiger partial charge in [0.05, 0.1) is 0 Å². The maximum absolute atomic E-state index is 4.80. The van der Waals surface area contributed by atoms with E-state index in [1.807, 2.05) is 25.3 Å². The van der Waals surface area contributed by atoms with Gasteiger partial charge in [-0.05, 0) is 50.2 Å². The maximum atomic E-state index is 4.80. The summed E-state index contributed by atoms with van der Waals surface area (Å²) < 4.78 is 0. The first-order valence-electron chi connectivity index (χ1n) is 7.75. The third-order valence-corrected chi connectivity index (χ3v) is 4.70. The van der Waals surface area contributed by atoms with Crippen molar-refractivity contribution in [3.63, 3.8) is 0 Å². The standard InChI is InChI=1S/C17H20N4/c1-13-10-15(21-9-3-5-17(12-21)6-7-17)20-16(19-13)14-4-2-8-18-11-14/h2,4,8,10-11H,3,5-7,9,12H2,1H3. The minimum absolute atomic E-state index is 0.603. The van der Waals surface area contributed by atoms with E-state index in [1.54, 1.807) is 6.20 Å². The molecule has 2 aromatic heterocycles. The molecule has 0 bridgehead atoms. The van der Waals surface area contributed by atoms with Crippen LogP contribution in [0.2, 0.25) is 0 Å².